The number of hydrogen-bond donors (Lipinski definition) is 0. The second kappa shape index (κ2) is 6.68. The fourth-order valence-electron chi connectivity index (χ4n) is 6.61. The third-order valence-corrected chi connectivity index (χ3v) is 7.96. The molecule has 0 amide bonds. The lowest BCUT2D eigenvalue weighted by Gasteiger charge is -2.35. The third kappa shape index (κ3) is 2.68. The van der Waals surface area contributed by atoms with E-state index in [1.165, 1.54) is 12.8 Å². The molecule has 0 bridgehead atoms. The first-order chi connectivity index (χ1) is 12.9. The average molecular weight is 366 g/mol. The van der Waals surface area contributed by atoms with Crippen molar-refractivity contribution < 1.29 is 28.4 Å². The third-order valence-electron chi connectivity index (χ3n) is 7.96. The van der Waals surface area contributed by atoms with Gasteiger partial charge in [-0.3, -0.25) is 0 Å². The van der Waals surface area contributed by atoms with Crippen molar-refractivity contribution in [2.24, 2.45) is 23.7 Å². The van der Waals surface area contributed by atoms with Crippen molar-refractivity contribution in [1.29, 1.82) is 0 Å². The molecule has 0 N–H and O–H groups in total. The van der Waals surface area contributed by atoms with Crippen LogP contribution in [0.3, 0.4) is 0 Å². The molecule has 6 heteroatoms. The van der Waals surface area contributed by atoms with Gasteiger partial charge in [-0.15, -0.1) is 0 Å². The van der Waals surface area contributed by atoms with Crippen molar-refractivity contribution in [2.75, 3.05) is 26.8 Å². The molecule has 10 atom stereocenters. The Hall–Kier alpha value is -0.240. The molecule has 0 aromatic heterocycles. The zero-order chi connectivity index (χ0) is 17.1. The topological polar surface area (TPSA) is 55.4 Å². The van der Waals surface area contributed by atoms with Gasteiger partial charge < -0.3 is 28.4 Å². The van der Waals surface area contributed by atoms with Crippen LogP contribution in [0.4, 0.5) is 0 Å². The molecule has 146 valence electrons. The van der Waals surface area contributed by atoms with Gasteiger partial charge in [0.05, 0.1) is 49.8 Å². The van der Waals surface area contributed by atoms with Crippen LogP contribution < -0.4 is 0 Å². The Bertz CT molecular complexity index is 482. The molecular weight excluding hydrogens is 336 g/mol. The highest BCUT2D eigenvalue weighted by Gasteiger charge is 2.54. The van der Waals surface area contributed by atoms with Gasteiger partial charge in [-0.1, -0.05) is 0 Å². The minimum atomic E-state index is 0.282. The van der Waals surface area contributed by atoms with Crippen LogP contribution >= 0.6 is 0 Å². The zero-order valence-corrected chi connectivity index (χ0v) is 15.3. The summed E-state index contributed by atoms with van der Waals surface area (Å²) in [6.45, 7) is 2.68. The molecule has 0 spiro atoms. The second-order valence-electron chi connectivity index (χ2n) is 9.13. The van der Waals surface area contributed by atoms with Gasteiger partial charge >= 0.3 is 0 Å². The molecule has 26 heavy (non-hydrogen) atoms. The van der Waals surface area contributed by atoms with Crippen molar-refractivity contribution in [3.63, 3.8) is 0 Å². The van der Waals surface area contributed by atoms with Crippen LogP contribution in [0.1, 0.15) is 38.5 Å². The summed E-state index contributed by atoms with van der Waals surface area (Å²) in [6.07, 6.45) is 8.68. The van der Waals surface area contributed by atoms with Crippen molar-refractivity contribution in [3.05, 3.63) is 0 Å². The summed E-state index contributed by atoms with van der Waals surface area (Å²) in [7, 11) is 0. The molecule has 0 aromatic carbocycles. The molecule has 6 rings (SSSR count). The van der Waals surface area contributed by atoms with E-state index >= 15 is 0 Å². The Morgan fingerprint density at radius 3 is 1.42 bits per heavy atom. The molecular formula is C20H30O6. The quantitative estimate of drug-likeness (QED) is 0.746. The summed E-state index contributed by atoms with van der Waals surface area (Å²) in [6, 6.07) is 0. The maximum atomic E-state index is 6.38. The number of hydrogen-bond acceptors (Lipinski definition) is 6. The molecule has 4 aliphatic heterocycles. The minimum absolute atomic E-state index is 0.282. The molecule has 4 heterocycles. The van der Waals surface area contributed by atoms with Gasteiger partial charge in [-0.25, -0.2) is 0 Å². The molecule has 0 radical (unpaired) electrons. The van der Waals surface area contributed by atoms with E-state index in [1.807, 2.05) is 0 Å². The average Bonchev–Trinajstić information content (AvgIpc) is 3.42. The van der Waals surface area contributed by atoms with Gasteiger partial charge in [-0.2, -0.15) is 0 Å². The van der Waals surface area contributed by atoms with E-state index in [-0.39, 0.29) is 12.2 Å². The van der Waals surface area contributed by atoms with E-state index in [1.54, 1.807) is 0 Å². The summed E-state index contributed by atoms with van der Waals surface area (Å²) >= 11 is 0. The largest absolute Gasteiger partial charge is 0.377 e. The van der Waals surface area contributed by atoms with Crippen LogP contribution in [0, 0.1) is 23.7 Å². The zero-order valence-electron chi connectivity index (χ0n) is 15.3. The predicted octanol–water partition coefficient (Wildman–Crippen LogP) is 2.10. The Morgan fingerprint density at radius 1 is 0.462 bits per heavy atom. The summed E-state index contributed by atoms with van der Waals surface area (Å²) in [5.41, 5.74) is 0. The maximum absolute atomic E-state index is 6.38. The van der Waals surface area contributed by atoms with Crippen LogP contribution in [0.2, 0.25) is 0 Å². The highest BCUT2D eigenvalue weighted by molar-refractivity contribution is 5.01. The van der Waals surface area contributed by atoms with Crippen LogP contribution in [0.5, 0.6) is 0 Å². The SMILES string of the molecule is C1OC2CCC(C3OC[C@@H]4C(C5CCC6OCOC6C5)OC[C@H]34)CC2O1. The first-order valence-electron chi connectivity index (χ1n) is 10.6. The normalized spacial score (nSPS) is 56.3. The Kier molecular flexibility index (Phi) is 4.29. The van der Waals surface area contributed by atoms with Gasteiger partial charge in [0.25, 0.3) is 0 Å². The van der Waals surface area contributed by atoms with Gasteiger partial charge in [0.15, 0.2) is 0 Å². The molecule has 6 aliphatic rings. The molecule has 2 saturated carbocycles. The summed E-state index contributed by atoms with van der Waals surface area (Å²) in [4.78, 5) is 0. The van der Waals surface area contributed by atoms with E-state index < -0.39 is 0 Å². The number of rotatable bonds is 2. The number of ether oxygens (including phenoxy) is 6. The Labute approximate surface area is 154 Å². The lowest BCUT2D eigenvalue weighted by atomic mass is 9.73. The van der Waals surface area contributed by atoms with Gasteiger partial charge in [0.2, 0.25) is 0 Å². The standard InChI is InChI=1S/C20H30O6/c1-3-15-17(25-9-23-15)5-11(1)19-13-7-22-20(14(13)8-21-19)12-2-4-16-18(6-12)26-10-24-16/h11-20H,1-10H2/t11?,12?,13-,14-,15?,16?,17?,18?,19?,20?/m0/s1. The molecule has 2 aliphatic carbocycles. The van der Waals surface area contributed by atoms with Crippen molar-refractivity contribution >= 4 is 0 Å². The minimum Gasteiger partial charge on any atom is -0.377 e. The Morgan fingerprint density at radius 2 is 0.923 bits per heavy atom. The van der Waals surface area contributed by atoms with E-state index in [2.05, 4.69) is 0 Å². The summed E-state index contributed by atoms with van der Waals surface area (Å²) in [5.74, 6) is 2.31. The lowest BCUT2D eigenvalue weighted by Crippen LogP contribution is -2.40. The van der Waals surface area contributed by atoms with Crippen molar-refractivity contribution in [3.8, 4) is 0 Å². The molecule has 6 nitrogen and oxygen atoms in total. The molecule has 4 saturated heterocycles. The highest BCUT2D eigenvalue weighted by Crippen LogP contribution is 2.48. The number of fused-ring (bicyclic) bond motifs is 3. The van der Waals surface area contributed by atoms with Gasteiger partial charge in [0.1, 0.15) is 13.6 Å². The smallest absolute Gasteiger partial charge is 0.147 e. The molecule has 8 unspecified atom stereocenters. The van der Waals surface area contributed by atoms with Crippen LogP contribution in [-0.4, -0.2) is 63.4 Å². The first-order valence-corrected chi connectivity index (χ1v) is 10.6. The fourth-order valence-corrected chi connectivity index (χ4v) is 6.61. The van der Waals surface area contributed by atoms with E-state index in [9.17, 15) is 0 Å². The van der Waals surface area contributed by atoms with Crippen LogP contribution in [0.25, 0.3) is 0 Å². The first kappa shape index (κ1) is 16.7. The van der Waals surface area contributed by atoms with Crippen molar-refractivity contribution in [2.45, 2.75) is 75.1 Å². The second-order valence-corrected chi connectivity index (χ2v) is 9.13. The highest BCUT2D eigenvalue weighted by atomic mass is 16.7. The summed E-state index contributed by atoms with van der Waals surface area (Å²) < 4.78 is 35.7. The lowest BCUT2D eigenvalue weighted by molar-refractivity contribution is -0.0508. The van der Waals surface area contributed by atoms with Crippen molar-refractivity contribution in [1.82, 2.24) is 0 Å². The van der Waals surface area contributed by atoms with E-state index in [4.69, 9.17) is 28.4 Å². The van der Waals surface area contributed by atoms with Gasteiger partial charge in [0, 0.05) is 11.8 Å². The Balaban J connectivity index is 1.11. The fraction of sp³-hybridized carbons (Fsp3) is 1.00. The monoisotopic (exact) mass is 366 g/mol. The van der Waals surface area contributed by atoms with E-state index in [0.29, 0.717) is 61.7 Å². The maximum Gasteiger partial charge on any atom is 0.147 e. The molecule has 0 aromatic rings. The van der Waals surface area contributed by atoms with Crippen LogP contribution in [-0.2, 0) is 28.4 Å². The van der Waals surface area contributed by atoms with E-state index in [0.717, 1.165) is 38.9 Å². The predicted molar refractivity (Wildman–Crippen MR) is 90.4 cm³/mol. The molecule has 6 fully saturated rings. The van der Waals surface area contributed by atoms with Crippen LogP contribution in [0.15, 0.2) is 0 Å². The van der Waals surface area contributed by atoms with Gasteiger partial charge in [-0.05, 0) is 50.4 Å². The summed E-state index contributed by atoms with van der Waals surface area (Å²) in [5, 5.41) is 0.